The summed E-state index contributed by atoms with van der Waals surface area (Å²) >= 11 is 0. The van der Waals surface area contributed by atoms with Gasteiger partial charge < -0.3 is 9.47 Å². The number of aromatic nitrogens is 3. The fraction of sp³-hybridized carbons (Fsp3) is 0.727. The Morgan fingerprint density at radius 1 is 1.40 bits per heavy atom. The summed E-state index contributed by atoms with van der Waals surface area (Å²) < 4.78 is 46.1. The van der Waals surface area contributed by atoms with E-state index < -0.39 is 18.8 Å². The van der Waals surface area contributed by atoms with Crippen LogP contribution in [0.15, 0.2) is 0 Å². The molecule has 1 heterocycles. The molecule has 0 saturated carbocycles. The number of hydrogen-bond acceptors (Lipinski definition) is 5. The van der Waals surface area contributed by atoms with Gasteiger partial charge >= 0.3 is 12.1 Å². The van der Waals surface area contributed by atoms with Gasteiger partial charge in [-0.1, -0.05) is 12.1 Å². The zero-order chi connectivity index (χ0) is 15.2. The number of aryl methyl sites for hydroxylation is 1. The molecule has 0 fully saturated rings. The molecular formula is C11H16F3N3O3. The first-order valence-corrected chi connectivity index (χ1v) is 6.04. The van der Waals surface area contributed by atoms with Crippen LogP contribution in [0.4, 0.5) is 13.2 Å². The van der Waals surface area contributed by atoms with Gasteiger partial charge in [-0.05, 0) is 12.8 Å². The van der Waals surface area contributed by atoms with Crippen LogP contribution in [-0.4, -0.2) is 47.5 Å². The molecular weight excluding hydrogens is 279 g/mol. The maximum atomic E-state index is 11.9. The maximum Gasteiger partial charge on any atom is 0.411 e. The predicted molar refractivity (Wildman–Crippen MR) is 62.2 cm³/mol. The first-order chi connectivity index (χ1) is 9.39. The highest BCUT2D eigenvalue weighted by molar-refractivity contribution is 5.88. The predicted octanol–water partition coefficient (Wildman–Crippen LogP) is 1.60. The maximum absolute atomic E-state index is 11.9. The minimum atomic E-state index is -4.32. The molecule has 0 spiro atoms. The highest BCUT2D eigenvalue weighted by Crippen LogP contribution is 2.14. The molecule has 6 nitrogen and oxygen atoms in total. The molecule has 1 aromatic heterocycles. The molecule has 1 aromatic rings. The standard InChI is InChI=1S/C11H16F3N3O3/c1-3-8-9(10(18)19-2)15-16-17(8)5-4-6-20-7-11(12,13)14/h3-7H2,1-2H3. The van der Waals surface area contributed by atoms with Gasteiger partial charge in [-0.15, -0.1) is 5.10 Å². The Hall–Kier alpha value is -1.64. The van der Waals surface area contributed by atoms with Crippen LogP contribution in [0, 0.1) is 0 Å². The molecule has 0 unspecified atom stereocenters. The van der Waals surface area contributed by atoms with Crippen LogP contribution in [0.2, 0.25) is 0 Å². The van der Waals surface area contributed by atoms with E-state index in [1.54, 1.807) is 0 Å². The molecule has 0 radical (unpaired) electrons. The van der Waals surface area contributed by atoms with Crippen LogP contribution in [0.5, 0.6) is 0 Å². The van der Waals surface area contributed by atoms with Gasteiger partial charge in [0.2, 0.25) is 0 Å². The summed E-state index contributed by atoms with van der Waals surface area (Å²) in [5.41, 5.74) is 0.721. The van der Waals surface area contributed by atoms with E-state index in [4.69, 9.17) is 0 Å². The van der Waals surface area contributed by atoms with E-state index in [-0.39, 0.29) is 12.3 Å². The van der Waals surface area contributed by atoms with Gasteiger partial charge in [0.1, 0.15) is 6.61 Å². The first-order valence-electron chi connectivity index (χ1n) is 6.04. The van der Waals surface area contributed by atoms with Crippen molar-refractivity contribution < 1.29 is 27.4 Å². The molecule has 20 heavy (non-hydrogen) atoms. The zero-order valence-corrected chi connectivity index (χ0v) is 11.2. The van der Waals surface area contributed by atoms with Crippen LogP contribution in [0.3, 0.4) is 0 Å². The number of methoxy groups -OCH3 is 1. The van der Waals surface area contributed by atoms with E-state index in [0.717, 1.165) is 0 Å². The highest BCUT2D eigenvalue weighted by Gasteiger charge is 2.27. The van der Waals surface area contributed by atoms with Crippen molar-refractivity contribution in [2.75, 3.05) is 20.3 Å². The number of nitrogens with zero attached hydrogens (tertiary/aromatic N) is 3. The van der Waals surface area contributed by atoms with Gasteiger partial charge in [-0.25, -0.2) is 9.48 Å². The van der Waals surface area contributed by atoms with E-state index in [9.17, 15) is 18.0 Å². The second-order valence-corrected chi connectivity index (χ2v) is 3.97. The van der Waals surface area contributed by atoms with Crippen molar-refractivity contribution >= 4 is 5.97 Å². The SMILES string of the molecule is CCc1c(C(=O)OC)nnn1CCCOCC(F)(F)F. The fourth-order valence-corrected chi connectivity index (χ4v) is 1.62. The van der Waals surface area contributed by atoms with Crippen molar-refractivity contribution in [3.05, 3.63) is 11.4 Å². The van der Waals surface area contributed by atoms with Crippen molar-refractivity contribution in [1.29, 1.82) is 0 Å². The van der Waals surface area contributed by atoms with Gasteiger partial charge in [0.05, 0.1) is 12.8 Å². The molecule has 114 valence electrons. The monoisotopic (exact) mass is 295 g/mol. The zero-order valence-electron chi connectivity index (χ0n) is 11.2. The molecule has 0 bridgehead atoms. The number of halogens is 3. The van der Waals surface area contributed by atoms with Gasteiger partial charge in [0, 0.05) is 13.2 Å². The van der Waals surface area contributed by atoms with Crippen LogP contribution >= 0.6 is 0 Å². The Morgan fingerprint density at radius 3 is 2.65 bits per heavy atom. The lowest BCUT2D eigenvalue weighted by Crippen LogP contribution is -2.18. The molecule has 0 aromatic carbocycles. The second kappa shape index (κ2) is 7.22. The normalized spacial score (nSPS) is 11.7. The lowest BCUT2D eigenvalue weighted by Gasteiger charge is -2.08. The van der Waals surface area contributed by atoms with Crippen LogP contribution in [0.25, 0.3) is 0 Å². The molecule has 0 aliphatic heterocycles. The van der Waals surface area contributed by atoms with Crippen molar-refractivity contribution in [2.24, 2.45) is 0 Å². The Kier molecular flexibility index (Phi) is 5.93. The Bertz CT molecular complexity index is 446. The van der Waals surface area contributed by atoms with E-state index in [1.165, 1.54) is 11.8 Å². The first kappa shape index (κ1) is 16.4. The van der Waals surface area contributed by atoms with E-state index >= 15 is 0 Å². The van der Waals surface area contributed by atoms with Crippen LogP contribution in [0.1, 0.15) is 29.5 Å². The molecule has 0 atom stereocenters. The molecule has 0 aliphatic carbocycles. The summed E-state index contributed by atoms with van der Waals surface area (Å²) in [6.45, 7) is 0.835. The number of esters is 1. The molecule has 9 heteroatoms. The number of hydrogen-bond donors (Lipinski definition) is 0. The number of alkyl halides is 3. The Labute approximate surface area is 113 Å². The summed E-state index contributed by atoms with van der Waals surface area (Å²) in [6.07, 6.45) is -3.46. The summed E-state index contributed by atoms with van der Waals surface area (Å²) in [7, 11) is 1.24. The van der Waals surface area contributed by atoms with Gasteiger partial charge in [-0.2, -0.15) is 13.2 Å². The van der Waals surface area contributed by atoms with Crippen molar-refractivity contribution in [3.8, 4) is 0 Å². The molecule has 0 saturated heterocycles. The lowest BCUT2D eigenvalue weighted by atomic mass is 10.2. The Morgan fingerprint density at radius 2 is 2.10 bits per heavy atom. The van der Waals surface area contributed by atoms with E-state index in [1.807, 2.05) is 6.92 Å². The molecule has 1 rings (SSSR count). The van der Waals surface area contributed by atoms with Gasteiger partial charge in [0.25, 0.3) is 0 Å². The third-order valence-corrected chi connectivity index (χ3v) is 2.48. The van der Waals surface area contributed by atoms with Crippen LogP contribution < -0.4 is 0 Å². The number of carbonyl (C=O) groups excluding carboxylic acids is 1. The van der Waals surface area contributed by atoms with Gasteiger partial charge in [-0.3, -0.25) is 0 Å². The third-order valence-electron chi connectivity index (χ3n) is 2.48. The third kappa shape index (κ3) is 4.80. The number of carbonyl (C=O) groups is 1. The van der Waals surface area contributed by atoms with Gasteiger partial charge in [0.15, 0.2) is 5.69 Å². The van der Waals surface area contributed by atoms with Crippen molar-refractivity contribution in [2.45, 2.75) is 32.5 Å². The van der Waals surface area contributed by atoms with E-state index in [2.05, 4.69) is 19.8 Å². The summed E-state index contributed by atoms with van der Waals surface area (Å²) in [6, 6.07) is 0. The van der Waals surface area contributed by atoms with E-state index in [0.29, 0.717) is 25.1 Å². The average molecular weight is 295 g/mol. The average Bonchev–Trinajstić information content (AvgIpc) is 2.79. The molecule has 0 aliphatic rings. The number of ether oxygens (including phenoxy) is 2. The molecule has 0 amide bonds. The smallest absolute Gasteiger partial charge is 0.411 e. The molecule has 0 N–H and O–H groups in total. The number of rotatable bonds is 7. The summed E-state index contributed by atoms with van der Waals surface area (Å²) in [5, 5.41) is 7.50. The lowest BCUT2D eigenvalue weighted by molar-refractivity contribution is -0.174. The highest BCUT2D eigenvalue weighted by atomic mass is 19.4. The summed E-state index contributed by atoms with van der Waals surface area (Å²) in [4.78, 5) is 11.4. The largest absolute Gasteiger partial charge is 0.464 e. The second-order valence-electron chi connectivity index (χ2n) is 3.97. The topological polar surface area (TPSA) is 66.2 Å². The fourth-order valence-electron chi connectivity index (χ4n) is 1.62. The minimum Gasteiger partial charge on any atom is -0.464 e. The quantitative estimate of drug-likeness (QED) is 0.564. The minimum absolute atomic E-state index is 0.0456. The van der Waals surface area contributed by atoms with Crippen molar-refractivity contribution in [3.63, 3.8) is 0 Å². The Balaban J connectivity index is 2.48. The van der Waals surface area contributed by atoms with Crippen LogP contribution in [-0.2, 0) is 22.4 Å². The van der Waals surface area contributed by atoms with Crippen molar-refractivity contribution in [1.82, 2.24) is 15.0 Å². The summed E-state index contributed by atoms with van der Waals surface area (Å²) in [5.74, 6) is -0.582.